The number of rotatable bonds is 7. The van der Waals surface area contributed by atoms with Crippen molar-refractivity contribution in [3.05, 3.63) is 57.0 Å². The van der Waals surface area contributed by atoms with Gasteiger partial charge in [0.25, 0.3) is 5.95 Å². The van der Waals surface area contributed by atoms with Gasteiger partial charge >= 0.3 is 11.9 Å². The highest BCUT2D eigenvalue weighted by atomic mass is 16.6. The van der Waals surface area contributed by atoms with Crippen LogP contribution in [0.3, 0.4) is 0 Å². The van der Waals surface area contributed by atoms with E-state index in [-0.39, 0.29) is 11.4 Å². The second-order valence-corrected chi connectivity index (χ2v) is 10.4. The lowest BCUT2D eigenvalue weighted by atomic mass is 9.61. The van der Waals surface area contributed by atoms with E-state index >= 15 is 0 Å². The largest absolute Gasteiger partial charge is 0.468 e. The summed E-state index contributed by atoms with van der Waals surface area (Å²) in [6.07, 6.45) is 4.55. The van der Waals surface area contributed by atoms with Crippen LogP contribution in [0.15, 0.2) is 39.1 Å². The maximum absolute atomic E-state index is 12.5. The van der Waals surface area contributed by atoms with Crippen molar-refractivity contribution >= 4 is 17.5 Å². The molecule has 0 bridgehead atoms. The van der Waals surface area contributed by atoms with Crippen LogP contribution in [0.2, 0.25) is 0 Å². The summed E-state index contributed by atoms with van der Waals surface area (Å²) in [5, 5.41) is 22.4. The van der Waals surface area contributed by atoms with Crippen molar-refractivity contribution in [1.29, 1.82) is 0 Å². The first-order valence-electron chi connectivity index (χ1n) is 12.5. The number of methoxy groups -OCH3 is 1. The Morgan fingerprint density at radius 2 is 1.66 bits per heavy atom. The summed E-state index contributed by atoms with van der Waals surface area (Å²) in [5.74, 6) is -1.84. The van der Waals surface area contributed by atoms with Crippen LogP contribution in [-0.4, -0.2) is 52.7 Å². The average molecular weight is 533 g/mol. The molecule has 1 fully saturated rings. The average Bonchev–Trinajstić information content (AvgIpc) is 2.82. The van der Waals surface area contributed by atoms with Crippen LogP contribution in [0.5, 0.6) is 5.95 Å². The summed E-state index contributed by atoms with van der Waals surface area (Å²) in [6, 6.07) is 0. The number of ether oxygens (including phenoxy) is 3. The molecule has 6 atom stereocenters. The molecule has 0 saturated heterocycles. The normalized spacial score (nSPS) is 30.3. The zero-order chi connectivity index (χ0) is 29.2. The van der Waals surface area contributed by atoms with Gasteiger partial charge in [-0.05, 0) is 47.1 Å². The van der Waals surface area contributed by atoms with Crippen molar-refractivity contribution in [3.8, 4) is 5.95 Å². The van der Waals surface area contributed by atoms with E-state index in [4.69, 9.17) is 18.6 Å². The van der Waals surface area contributed by atoms with Crippen molar-refractivity contribution in [3.63, 3.8) is 0 Å². The third kappa shape index (κ3) is 6.10. The molecule has 38 heavy (non-hydrogen) atoms. The second-order valence-electron chi connectivity index (χ2n) is 10.4. The molecule has 9 heteroatoms. The first-order chi connectivity index (χ1) is 17.5. The summed E-state index contributed by atoms with van der Waals surface area (Å²) >= 11 is 0. The van der Waals surface area contributed by atoms with Gasteiger partial charge in [-0.3, -0.25) is 14.4 Å². The van der Waals surface area contributed by atoms with Crippen molar-refractivity contribution in [2.45, 2.75) is 85.7 Å². The minimum atomic E-state index is -1.90. The van der Waals surface area contributed by atoms with Crippen LogP contribution in [0.1, 0.15) is 65.4 Å². The first kappa shape index (κ1) is 31.1. The Hall–Kier alpha value is -3.17. The van der Waals surface area contributed by atoms with Gasteiger partial charge in [-0.1, -0.05) is 36.8 Å². The second kappa shape index (κ2) is 11.7. The smallest absolute Gasteiger partial charge is 0.303 e. The SMILES string of the molecule is COc1oc(/C(C)=C/C=C/C(C)=C/[C@@H]2[C@@H](C)[C@](C)(OC(C)=O)[C@@H](OC(C)=O)[C@@](C)(O)[C@H]2O)c(C)c(=O)c1C. The van der Waals surface area contributed by atoms with E-state index < -0.39 is 47.2 Å². The molecule has 0 aliphatic heterocycles. The molecule has 0 unspecified atom stereocenters. The van der Waals surface area contributed by atoms with Crippen molar-refractivity contribution < 1.29 is 38.4 Å². The van der Waals surface area contributed by atoms with Crippen LogP contribution in [0, 0.1) is 25.7 Å². The molecular formula is C29H40O9. The molecule has 1 saturated carbocycles. The van der Waals surface area contributed by atoms with Crippen LogP contribution in [-0.2, 0) is 19.1 Å². The Kier molecular flexibility index (Phi) is 9.56. The minimum Gasteiger partial charge on any atom is -0.468 e. The zero-order valence-electron chi connectivity index (χ0n) is 23.9. The molecule has 1 aliphatic rings. The quantitative estimate of drug-likeness (QED) is 0.397. The molecule has 9 nitrogen and oxygen atoms in total. The molecule has 2 rings (SSSR count). The molecule has 2 N–H and O–H groups in total. The summed E-state index contributed by atoms with van der Waals surface area (Å²) in [6.45, 7) is 14.1. The van der Waals surface area contributed by atoms with Gasteiger partial charge in [0.05, 0.1) is 18.8 Å². The Labute approximate surface area is 223 Å². The molecule has 0 spiro atoms. The highest BCUT2D eigenvalue weighted by Crippen LogP contribution is 2.47. The van der Waals surface area contributed by atoms with Crippen molar-refractivity contribution in [2.75, 3.05) is 7.11 Å². The van der Waals surface area contributed by atoms with E-state index in [2.05, 4.69) is 0 Å². The van der Waals surface area contributed by atoms with Gasteiger partial charge in [-0.15, -0.1) is 0 Å². The fraction of sp³-hybridized carbons (Fsp3) is 0.552. The van der Waals surface area contributed by atoms with E-state index in [9.17, 15) is 24.6 Å². The van der Waals surface area contributed by atoms with Crippen LogP contribution < -0.4 is 10.2 Å². The Morgan fingerprint density at radius 3 is 2.18 bits per heavy atom. The molecule has 0 radical (unpaired) electrons. The maximum Gasteiger partial charge on any atom is 0.303 e. The first-order valence-corrected chi connectivity index (χ1v) is 12.5. The van der Waals surface area contributed by atoms with E-state index in [1.165, 1.54) is 27.9 Å². The third-order valence-electron chi connectivity index (χ3n) is 7.37. The topological polar surface area (TPSA) is 132 Å². The highest BCUT2D eigenvalue weighted by Gasteiger charge is 2.63. The summed E-state index contributed by atoms with van der Waals surface area (Å²) in [7, 11) is 1.44. The lowest BCUT2D eigenvalue weighted by Crippen LogP contribution is -2.71. The third-order valence-corrected chi connectivity index (χ3v) is 7.37. The number of aliphatic hydroxyl groups excluding tert-OH is 1. The van der Waals surface area contributed by atoms with Crippen LogP contribution in [0.4, 0.5) is 0 Å². The lowest BCUT2D eigenvalue weighted by molar-refractivity contribution is -0.271. The number of aliphatic hydroxyl groups is 2. The van der Waals surface area contributed by atoms with Crippen molar-refractivity contribution in [2.24, 2.45) is 11.8 Å². The van der Waals surface area contributed by atoms with Gasteiger partial charge < -0.3 is 28.8 Å². The van der Waals surface area contributed by atoms with Gasteiger partial charge in [0.1, 0.15) is 11.4 Å². The Morgan fingerprint density at radius 1 is 1.05 bits per heavy atom. The summed E-state index contributed by atoms with van der Waals surface area (Å²) in [5.41, 5.74) is -1.09. The number of esters is 2. The summed E-state index contributed by atoms with van der Waals surface area (Å²) < 4.78 is 22.0. The van der Waals surface area contributed by atoms with Crippen molar-refractivity contribution in [1.82, 2.24) is 0 Å². The molecule has 1 aromatic rings. The number of allylic oxidation sites excluding steroid dienone is 5. The monoisotopic (exact) mass is 532 g/mol. The summed E-state index contributed by atoms with van der Waals surface area (Å²) in [4.78, 5) is 36.3. The molecule has 1 heterocycles. The standard InChI is InChI=1S/C29H40O9/c1-15(12-11-13-16(2)24-17(3)23(32)18(4)26(35-10)37-24)14-22-19(5)29(9,38-21(7)31)27(36-20(6)30)28(8,34)25(22)33/h11-14,19,22,25,27,33-34H,1-10H3/b12-11+,15-14+,16-13+/t19-,22-,25+,27+,28+,29+/m1/s1. The molecule has 0 aromatic carbocycles. The van der Waals surface area contributed by atoms with E-state index in [0.717, 1.165) is 5.57 Å². The molecule has 0 amide bonds. The number of hydrogen-bond acceptors (Lipinski definition) is 9. The fourth-order valence-corrected chi connectivity index (χ4v) is 5.19. The van der Waals surface area contributed by atoms with E-state index in [1.807, 2.05) is 13.8 Å². The fourth-order valence-electron chi connectivity index (χ4n) is 5.19. The lowest BCUT2D eigenvalue weighted by Gasteiger charge is -2.55. The molecule has 210 valence electrons. The predicted molar refractivity (Wildman–Crippen MR) is 143 cm³/mol. The predicted octanol–water partition coefficient (Wildman–Crippen LogP) is 3.80. The zero-order valence-corrected chi connectivity index (χ0v) is 23.9. The Balaban J connectivity index is 2.43. The van der Waals surface area contributed by atoms with Gasteiger partial charge in [0, 0.05) is 31.2 Å². The number of carbonyl (C=O) groups excluding carboxylic acids is 2. The number of carbonyl (C=O) groups is 2. The Bertz CT molecular complexity index is 1220. The van der Waals surface area contributed by atoms with Gasteiger partial charge in [0.2, 0.25) is 0 Å². The highest BCUT2D eigenvalue weighted by molar-refractivity contribution is 5.68. The molecule has 1 aromatic heterocycles. The van der Waals surface area contributed by atoms with E-state index in [0.29, 0.717) is 22.5 Å². The molecule has 1 aliphatic carbocycles. The van der Waals surface area contributed by atoms with Crippen LogP contribution in [0.25, 0.3) is 5.57 Å². The number of hydrogen-bond donors (Lipinski definition) is 2. The van der Waals surface area contributed by atoms with E-state index in [1.54, 1.807) is 52.0 Å². The maximum atomic E-state index is 12.5. The van der Waals surface area contributed by atoms with Crippen LogP contribution >= 0.6 is 0 Å². The van der Waals surface area contributed by atoms with Gasteiger partial charge in [-0.2, -0.15) is 0 Å². The van der Waals surface area contributed by atoms with Gasteiger partial charge in [-0.25, -0.2) is 0 Å². The minimum absolute atomic E-state index is 0.147. The molecular weight excluding hydrogens is 492 g/mol. The van der Waals surface area contributed by atoms with Gasteiger partial charge in [0.15, 0.2) is 17.1 Å².